The molecule has 89 heavy (non-hydrogen) atoms. The fourth-order valence-electron chi connectivity index (χ4n) is 9.29. The molecule has 29 heteroatoms. The quantitative estimate of drug-likeness (QED) is 0.0268. The van der Waals surface area contributed by atoms with Crippen LogP contribution in [-0.4, -0.2) is 157 Å². The molecule has 0 spiro atoms. The molecule has 10 amide bonds. The molecular formula is C60H97N17O10S2. The molecule has 1 heterocycles. The molecule has 0 radical (unpaired) electrons. The van der Waals surface area contributed by atoms with Crippen molar-refractivity contribution < 1.29 is 47.9 Å². The van der Waals surface area contributed by atoms with Crippen LogP contribution in [0, 0.1) is 17.8 Å². The SMILES string of the molecule is C=C(N)NCCC[C@@H]1NC(=O)[C@H]([C@@H](C)CC)NC(=O)[C@H](C(C)C)NC(=O)[C@H]([C@@H](C)CC)NC(=O)[C@@H](N)CSSC[C@@H](C(N)=O)NC(=O)[C@H](CCCN=C(N)N)NC(=O)[C@H](Cc2ccccc2)NC(=O)[C@H](CCCCN)NC(=O)[C@H](Cc2ccccc2)NC1=O. The monoisotopic (exact) mass is 1280 g/mol. The van der Waals surface area contributed by atoms with Crippen molar-refractivity contribution in [3.63, 3.8) is 0 Å². The van der Waals surface area contributed by atoms with Gasteiger partial charge in [0, 0.05) is 37.4 Å². The first kappa shape index (κ1) is 75.6. The van der Waals surface area contributed by atoms with E-state index in [1.165, 1.54) is 0 Å². The Morgan fingerprint density at radius 3 is 1.40 bits per heavy atom. The summed E-state index contributed by atoms with van der Waals surface area (Å²) in [5.74, 6) is -9.48. The van der Waals surface area contributed by atoms with E-state index in [1.54, 1.807) is 88.4 Å². The van der Waals surface area contributed by atoms with Gasteiger partial charge in [0.1, 0.15) is 54.4 Å². The minimum atomic E-state index is -1.38. The number of benzene rings is 2. The fourth-order valence-corrected chi connectivity index (χ4v) is 11.6. The summed E-state index contributed by atoms with van der Waals surface area (Å²) in [7, 11) is 2.16. The molecule has 22 N–H and O–H groups in total. The van der Waals surface area contributed by atoms with Gasteiger partial charge in [0.25, 0.3) is 0 Å². The zero-order valence-electron chi connectivity index (χ0n) is 52.1. The van der Waals surface area contributed by atoms with E-state index in [4.69, 9.17) is 34.4 Å². The van der Waals surface area contributed by atoms with Gasteiger partial charge in [0.15, 0.2) is 5.96 Å². The normalized spacial score (nSPS) is 24.6. The van der Waals surface area contributed by atoms with Gasteiger partial charge < -0.3 is 87.6 Å². The zero-order chi connectivity index (χ0) is 66.2. The van der Waals surface area contributed by atoms with Gasteiger partial charge in [-0.2, -0.15) is 0 Å². The molecule has 2 aromatic carbocycles. The van der Waals surface area contributed by atoms with Crippen LogP contribution in [0.2, 0.25) is 0 Å². The zero-order valence-corrected chi connectivity index (χ0v) is 53.7. The van der Waals surface area contributed by atoms with Crippen LogP contribution >= 0.6 is 21.6 Å². The Hall–Kier alpha value is -7.63. The minimum absolute atomic E-state index is 0.00716. The molecular weight excluding hydrogens is 1180 g/mol. The average Bonchev–Trinajstić information content (AvgIpc) is 2.17. The number of unbranched alkanes of at least 4 members (excludes halogenated alkanes) is 1. The third-order valence-corrected chi connectivity index (χ3v) is 17.5. The standard InChI is InChI=1S/C60H97N17O10S2/c1-8-35(5)48-58(86)71-43(25-18-28-67-37(7)62)53(81)73-44(30-38-20-12-10-13-21-38)55(83)69-41(24-16-17-27-61)52(80)72-45(31-39-22-14-11-15-23-39)56(84)70-42(26-19-29-68-60(65)66)54(82)74-46(50(64)78)33-89-88-32-40(63)51(79)76-49(36(6)9-2)59(87)75-47(34(3)4)57(85)77-48/h10-15,20-23,34-36,40-49,67H,7-9,16-19,24-33,61-63H2,1-6H3,(H2,64,78)(H,69,83)(H,70,84)(H,71,86)(H,72,80)(H,73,81)(H,74,82)(H,75,87)(H,76,79)(H,77,85)(H4,65,66,68)/t35-,36-,40-,41-,42-,43-,44-,45-,46-,47-,48-,49-/m0/s1. The van der Waals surface area contributed by atoms with E-state index in [2.05, 4.69) is 64.7 Å². The van der Waals surface area contributed by atoms with Crippen LogP contribution in [0.3, 0.4) is 0 Å². The summed E-state index contributed by atoms with van der Waals surface area (Å²) in [5, 5.41) is 27.9. The van der Waals surface area contributed by atoms with Crippen molar-refractivity contribution in [1.29, 1.82) is 0 Å². The van der Waals surface area contributed by atoms with Crippen molar-refractivity contribution in [1.82, 2.24) is 53.2 Å². The summed E-state index contributed by atoms with van der Waals surface area (Å²) >= 11 is 0. The first-order chi connectivity index (χ1) is 42.3. The number of hydrogen-bond acceptors (Lipinski definition) is 17. The van der Waals surface area contributed by atoms with Crippen LogP contribution in [-0.2, 0) is 60.8 Å². The molecule has 27 nitrogen and oxygen atoms in total. The molecule has 494 valence electrons. The highest BCUT2D eigenvalue weighted by molar-refractivity contribution is 8.76. The lowest BCUT2D eigenvalue weighted by Gasteiger charge is -2.31. The number of amides is 10. The molecule has 0 bridgehead atoms. The van der Waals surface area contributed by atoms with Crippen molar-refractivity contribution in [2.24, 2.45) is 57.1 Å². The maximum absolute atomic E-state index is 14.9. The van der Waals surface area contributed by atoms with Gasteiger partial charge >= 0.3 is 0 Å². The predicted octanol–water partition coefficient (Wildman–Crippen LogP) is -1.23. The van der Waals surface area contributed by atoms with E-state index < -0.39 is 137 Å². The molecule has 12 atom stereocenters. The molecule has 1 aliphatic rings. The van der Waals surface area contributed by atoms with E-state index in [1.807, 2.05) is 13.8 Å². The number of nitrogens with one attached hydrogen (secondary N) is 10. The van der Waals surface area contributed by atoms with Crippen molar-refractivity contribution >= 4 is 86.6 Å². The van der Waals surface area contributed by atoms with E-state index in [9.17, 15) is 47.9 Å². The highest BCUT2D eigenvalue weighted by Gasteiger charge is 2.38. The summed E-state index contributed by atoms with van der Waals surface area (Å²) in [5.41, 5.74) is 36.3. The number of nitrogens with zero attached hydrogens (tertiary/aromatic N) is 1. The van der Waals surface area contributed by atoms with E-state index in [0.717, 1.165) is 21.6 Å². The van der Waals surface area contributed by atoms with Crippen LogP contribution in [0.1, 0.15) is 110 Å². The Labute approximate surface area is 530 Å². The third-order valence-electron chi connectivity index (χ3n) is 15.0. The van der Waals surface area contributed by atoms with Crippen LogP contribution in [0.15, 0.2) is 78.1 Å². The van der Waals surface area contributed by atoms with E-state index >= 15 is 0 Å². The number of primary amides is 1. The van der Waals surface area contributed by atoms with Gasteiger partial charge in [-0.15, -0.1) is 0 Å². The molecule has 0 unspecified atom stereocenters. The summed E-state index contributed by atoms with van der Waals surface area (Å²) in [6.07, 6.45) is 1.79. The number of aliphatic imine (C=N–C) groups is 1. The summed E-state index contributed by atoms with van der Waals surface area (Å²) in [6.45, 7) is 14.7. The lowest BCUT2D eigenvalue weighted by molar-refractivity contribution is -0.137. The Balaban J connectivity index is 2.26. The summed E-state index contributed by atoms with van der Waals surface area (Å²) in [6, 6.07) is 4.55. The molecule has 0 saturated carbocycles. The van der Waals surface area contributed by atoms with Gasteiger partial charge in [-0.05, 0) is 80.4 Å². The molecule has 3 rings (SSSR count). The van der Waals surface area contributed by atoms with Gasteiger partial charge in [0.05, 0.1) is 11.9 Å². The smallest absolute Gasteiger partial charge is 0.243 e. The number of nitrogens with two attached hydrogens (primary N) is 6. The Kier molecular flexibility index (Phi) is 34.1. The highest BCUT2D eigenvalue weighted by atomic mass is 33.1. The van der Waals surface area contributed by atoms with Crippen molar-refractivity contribution in [3.8, 4) is 0 Å². The van der Waals surface area contributed by atoms with Crippen molar-refractivity contribution in [2.45, 2.75) is 173 Å². The number of guanidine groups is 1. The number of rotatable bonds is 23. The van der Waals surface area contributed by atoms with E-state index in [0.29, 0.717) is 36.8 Å². The molecule has 0 aliphatic carbocycles. The second-order valence-corrected chi connectivity index (χ2v) is 25.2. The number of carbonyl (C=O) groups is 10. The Morgan fingerprint density at radius 2 is 0.944 bits per heavy atom. The van der Waals surface area contributed by atoms with Crippen LogP contribution in [0.4, 0.5) is 0 Å². The average molecular weight is 1280 g/mol. The molecule has 2 aromatic rings. The van der Waals surface area contributed by atoms with Crippen molar-refractivity contribution in [3.05, 3.63) is 84.2 Å². The fraction of sp³-hybridized carbons (Fsp3) is 0.583. The highest BCUT2D eigenvalue weighted by Crippen LogP contribution is 2.23. The molecule has 1 fully saturated rings. The van der Waals surface area contributed by atoms with Crippen LogP contribution in [0.25, 0.3) is 0 Å². The molecule has 0 aromatic heterocycles. The second-order valence-electron chi connectivity index (χ2n) is 22.6. The topological polar surface area (TPSA) is 459 Å². The summed E-state index contributed by atoms with van der Waals surface area (Å²) < 4.78 is 0. The third kappa shape index (κ3) is 27.3. The first-order valence-corrected chi connectivity index (χ1v) is 32.8. The van der Waals surface area contributed by atoms with Gasteiger partial charge in [0.2, 0.25) is 59.1 Å². The van der Waals surface area contributed by atoms with E-state index in [-0.39, 0.29) is 87.9 Å². The van der Waals surface area contributed by atoms with Crippen molar-refractivity contribution in [2.75, 3.05) is 31.1 Å². The maximum Gasteiger partial charge on any atom is 0.243 e. The van der Waals surface area contributed by atoms with Crippen LogP contribution < -0.4 is 87.6 Å². The Bertz CT molecular complexity index is 2670. The Morgan fingerprint density at radius 1 is 0.539 bits per heavy atom. The largest absolute Gasteiger partial charge is 0.386 e. The molecule has 1 saturated heterocycles. The van der Waals surface area contributed by atoms with Gasteiger partial charge in [-0.25, -0.2) is 0 Å². The lowest BCUT2D eigenvalue weighted by Crippen LogP contribution is -2.62. The number of hydrogen-bond donors (Lipinski definition) is 16. The lowest BCUT2D eigenvalue weighted by atomic mass is 9.94. The van der Waals surface area contributed by atoms with Gasteiger partial charge in [-0.3, -0.25) is 52.9 Å². The molecule has 1 aliphatic heterocycles. The van der Waals surface area contributed by atoms with Crippen LogP contribution in [0.5, 0.6) is 0 Å². The predicted molar refractivity (Wildman–Crippen MR) is 347 cm³/mol. The van der Waals surface area contributed by atoms with Gasteiger partial charge in [-0.1, -0.05) is 143 Å². The first-order valence-electron chi connectivity index (χ1n) is 30.3. The minimum Gasteiger partial charge on any atom is -0.386 e. The second kappa shape index (κ2) is 40.1. The summed E-state index contributed by atoms with van der Waals surface area (Å²) in [4.78, 5) is 147. The maximum atomic E-state index is 14.9. The number of carbonyl (C=O) groups excluding carboxylic acids is 10.